The average molecular weight is 272 g/mol. The smallest absolute Gasteiger partial charge is 0.253 e. The molecule has 0 saturated heterocycles. The van der Waals surface area contributed by atoms with Gasteiger partial charge < -0.3 is 5.32 Å². The Kier molecular flexibility index (Phi) is 4.60. The summed E-state index contributed by atoms with van der Waals surface area (Å²) in [5, 5.41) is 2.62. The zero-order chi connectivity index (χ0) is 14.4. The molecule has 0 aliphatic carbocycles. The Bertz CT molecular complexity index is 637. The predicted molar refractivity (Wildman–Crippen MR) is 75.4 cm³/mol. The molecule has 20 heavy (non-hydrogen) atoms. The van der Waals surface area contributed by atoms with Gasteiger partial charge in [0.15, 0.2) is 0 Å². The normalized spacial score (nSPS) is 10.2. The Morgan fingerprint density at radius 1 is 1.35 bits per heavy atom. The molecule has 1 amide bonds. The van der Waals surface area contributed by atoms with Gasteiger partial charge in [-0.15, -0.1) is 0 Å². The molecule has 0 spiro atoms. The number of nitrogens with zero attached hydrogens (tertiary/aromatic N) is 3. The summed E-state index contributed by atoms with van der Waals surface area (Å²) in [5.41, 5.74) is 0.526. The highest BCUT2D eigenvalue weighted by atomic mass is 16.2. The minimum atomic E-state index is -0.309. The molecule has 6 nitrogen and oxygen atoms in total. The molecule has 0 aromatic carbocycles. The Balaban J connectivity index is 2.03. The fourth-order valence-electron chi connectivity index (χ4n) is 1.75. The van der Waals surface area contributed by atoms with Gasteiger partial charge in [0.25, 0.3) is 5.56 Å². The van der Waals surface area contributed by atoms with Gasteiger partial charge in [0.05, 0.1) is 6.33 Å². The lowest BCUT2D eigenvalue weighted by Gasteiger charge is -2.07. The number of aromatic nitrogens is 3. The van der Waals surface area contributed by atoms with E-state index in [0.29, 0.717) is 5.82 Å². The number of rotatable bonds is 5. The average Bonchev–Trinajstić information content (AvgIpc) is 2.43. The van der Waals surface area contributed by atoms with Crippen LogP contribution in [0.15, 0.2) is 41.6 Å². The number of pyridine rings is 1. The van der Waals surface area contributed by atoms with Crippen molar-refractivity contribution in [3.8, 4) is 0 Å². The Morgan fingerprint density at radius 3 is 2.85 bits per heavy atom. The van der Waals surface area contributed by atoms with Gasteiger partial charge in [0.1, 0.15) is 12.4 Å². The SMILES string of the molecule is CCCc1cc(=O)n(CC(=O)Nc2ccccn2)cn1. The lowest BCUT2D eigenvalue weighted by atomic mass is 10.2. The van der Waals surface area contributed by atoms with Crippen molar-refractivity contribution >= 4 is 11.7 Å². The van der Waals surface area contributed by atoms with Gasteiger partial charge in [-0.2, -0.15) is 0 Å². The van der Waals surface area contributed by atoms with Crippen molar-refractivity contribution < 1.29 is 4.79 Å². The Morgan fingerprint density at radius 2 is 2.20 bits per heavy atom. The van der Waals surface area contributed by atoms with E-state index < -0.39 is 0 Å². The maximum atomic E-state index is 11.8. The van der Waals surface area contributed by atoms with Crippen molar-refractivity contribution in [2.24, 2.45) is 0 Å². The molecule has 6 heteroatoms. The third kappa shape index (κ3) is 3.74. The molecule has 2 aromatic rings. The molecule has 0 bridgehead atoms. The van der Waals surface area contributed by atoms with Crippen molar-refractivity contribution in [1.29, 1.82) is 0 Å². The van der Waals surface area contributed by atoms with E-state index in [9.17, 15) is 9.59 Å². The van der Waals surface area contributed by atoms with Gasteiger partial charge in [0, 0.05) is 18.0 Å². The molecule has 104 valence electrons. The van der Waals surface area contributed by atoms with Crippen LogP contribution in [-0.4, -0.2) is 20.4 Å². The lowest BCUT2D eigenvalue weighted by Crippen LogP contribution is -2.28. The number of carbonyl (C=O) groups is 1. The molecular formula is C14H16N4O2. The van der Waals surface area contributed by atoms with Crippen LogP contribution in [0.1, 0.15) is 19.0 Å². The fraction of sp³-hybridized carbons (Fsp3) is 0.286. The van der Waals surface area contributed by atoms with E-state index in [1.165, 1.54) is 17.0 Å². The van der Waals surface area contributed by atoms with Crippen LogP contribution in [0, 0.1) is 0 Å². The zero-order valence-electron chi connectivity index (χ0n) is 11.2. The van der Waals surface area contributed by atoms with Crippen molar-refractivity contribution in [3.05, 3.63) is 52.8 Å². The molecular weight excluding hydrogens is 256 g/mol. The number of hydrogen-bond donors (Lipinski definition) is 1. The first-order chi connectivity index (χ1) is 9.69. The molecule has 0 saturated carbocycles. The first-order valence-electron chi connectivity index (χ1n) is 6.45. The van der Waals surface area contributed by atoms with Crippen molar-refractivity contribution in [2.45, 2.75) is 26.3 Å². The first kappa shape index (κ1) is 13.9. The standard InChI is InChI=1S/C14H16N4O2/c1-2-5-11-8-14(20)18(10-16-11)9-13(19)17-12-6-3-4-7-15-12/h3-4,6-8,10H,2,5,9H2,1H3,(H,15,17,19). The van der Waals surface area contributed by atoms with Gasteiger partial charge in [-0.3, -0.25) is 14.2 Å². The van der Waals surface area contributed by atoms with Crippen molar-refractivity contribution in [2.75, 3.05) is 5.32 Å². The van der Waals surface area contributed by atoms with Crippen LogP contribution in [0.5, 0.6) is 0 Å². The number of hydrogen-bond acceptors (Lipinski definition) is 4. The van der Waals surface area contributed by atoms with E-state index >= 15 is 0 Å². The quantitative estimate of drug-likeness (QED) is 0.888. The summed E-state index contributed by atoms with van der Waals surface area (Å²) >= 11 is 0. The highest BCUT2D eigenvalue weighted by molar-refractivity contribution is 5.89. The van der Waals surface area contributed by atoms with Crippen LogP contribution >= 0.6 is 0 Å². The topological polar surface area (TPSA) is 76.9 Å². The second-order valence-corrected chi connectivity index (χ2v) is 4.36. The van der Waals surface area contributed by atoms with E-state index in [1.54, 1.807) is 24.4 Å². The van der Waals surface area contributed by atoms with Crippen LogP contribution < -0.4 is 10.9 Å². The van der Waals surface area contributed by atoms with Gasteiger partial charge in [-0.1, -0.05) is 19.4 Å². The Hall–Kier alpha value is -2.50. The van der Waals surface area contributed by atoms with Gasteiger partial charge in [0.2, 0.25) is 5.91 Å². The molecule has 1 N–H and O–H groups in total. The fourth-order valence-corrected chi connectivity index (χ4v) is 1.75. The highest BCUT2D eigenvalue weighted by Gasteiger charge is 2.06. The van der Waals surface area contributed by atoms with Crippen LogP contribution in [0.25, 0.3) is 0 Å². The van der Waals surface area contributed by atoms with Crippen LogP contribution in [-0.2, 0) is 17.8 Å². The second kappa shape index (κ2) is 6.60. The second-order valence-electron chi connectivity index (χ2n) is 4.36. The highest BCUT2D eigenvalue weighted by Crippen LogP contribution is 2.00. The van der Waals surface area contributed by atoms with Crippen LogP contribution in [0.4, 0.5) is 5.82 Å². The monoisotopic (exact) mass is 272 g/mol. The molecule has 0 aliphatic rings. The molecule has 0 unspecified atom stereocenters. The van der Waals surface area contributed by atoms with E-state index in [0.717, 1.165) is 18.5 Å². The molecule has 0 aliphatic heterocycles. The lowest BCUT2D eigenvalue weighted by molar-refractivity contribution is -0.116. The summed E-state index contributed by atoms with van der Waals surface area (Å²) in [6.07, 6.45) is 4.68. The van der Waals surface area contributed by atoms with Gasteiger partial charge in [-0.25, -0.2) is 9.97 Å². The first-order valence-corrected chi connectivity index (χ1v) is 6.45. The summed E-state index contributed by atoms with van der Waals surface area (Å²) in [6.45, 7) is 1.95. The molecule has 2 heterocycles. The summed E-state index contributed by atoms with van der Waals surface area (Å²) in [5.74, 6) is 0.150. The maximum absolute atomic E-state index is 11.8. The number of amides is 1. The predicted octanol–water partition coefficient (Wildman–Crippen LogP) is 1.23. The summed E-state index contributed by atoms with van der Waals surface area (Å²) in [7, 11) is 0. The number of anilines is 1. The third-order valence-electron chi connectivity index (χ3n) is 2.69. The van der Waals surface area contributed by atoms with E-state index in [-0.39, 0.29) is 18.0 Å². The maximum Gasteiger partial charge on any atom is 0.253 e. The van der Waals surface area contributed by atoms with E-state index in [4.69, 9.17) is 0 Å². The third-order valence-corrected chi connectivity index (χ3v) is 2.69. The molecule has 2 rings (SSSR count). The zero-order valence-corrected chi connectivity index (χ0v) is 11.2. The van der Waals surface area contributed by atoms with Crippen LogP contribution in [0.3, 0.4) is 0 Å². The molecule has 2 aromatic heterocycles. The molecule has 0 atom stereocenters. The largest absolute Gasteiger partial charge is 0.309 e. The molecule has 0 fully saturated rings. The Labute approximate surface area is 116 Å². The molecule has 0 radical (unpaired) electrons. The van der Waals surface area contributed by atoms with Gasteiger partial charge in [-0.05, 0) is 18.6 Å². The van der Waals surface area contributed by atoms with Crippen molar-refractivity contribution in [3.63, 3.8) is 0 Å². The number of aryl methyl sites for hydroxylation is 1. The summed E-state index contributed by atoms with van der Waals surface area (Å²) in [4.78, 5) is 31.8. The number of carbonyl (C=O) groups excluding carboxylic acids is 1. The minimum absolute atomic E-state index is 0.0746. The van der Waals surface area contributed by atoms with Crippen molar-refractivity contribution in [1.82, 2.24) is 14.5 Å². The van der Waals surface area contributed by atoms with Crippen LogP contribution in [0.2, 0.25) is 0 Å². The van der Waals surface area contributed by atoms with E-state index in [2.05, 4.69) is 15.3 Å². The summed E-state index contributed by atoms with van der Waals surface area (Å²) in [6, 6.07) is 6.69. The van der Waals surface area contributed by atoms with E-state index in [1.807, 2.05) is 6.92 Å². The number of nitrogens with one attached hydrogen (secondary N) is 1. The van der Waals surface area contributed by atoms with Gasteiger partial charge >= 0.3 is 0 Å². The minimum Gasteiger partial charge on any atom is -0.309 e. The summed E-state index contributed by atoms with van der Waals surface area (Å²) < 4.78 is 1.28.